The number of rotatable bonds is 7. The second-order valence-corrected chi connectivity index (χ2v) is 8.91. The topological polar surface area (TPSA) is 106 Å². The van der Waals surface area contributed by atoms with Crippen LogP contribution in [0.2, 0.25) is 0 Å². The van der Waals surface area contributed by atoms with Crippen molar-refractivity contribution in [1.82, 2.24) is 20.2 Å². The molecule has 2 N–H and O–H groups in total. The van der Waals surface area contributed by atoms with Crippen LogP contribution in [0.15, 0.2) is 47.5 Å². The van der Waals surface area contributed by atoms with E-state index in [-0.39, 0.29) is 17.9 Å². The van der Waals surface area contributed by atoms with Gasteiger partial charge >= 0.3 is 0 Å². The molecule has 0 saturated carbocycles. The highest BCUT2D eigenvalue weighted by Crippen LogP contribution is 2.32. The Bertz CT molecular complexity index is 1210. The molecule has 1 aromatic heterocycles. The molecule has 1 saturated heterocycles. The highest BCUT2D eigenvalue weighted by Gasteiger charge is 2.28. The molecule has 10 heteroatoms. The summed E-state index contributed by atoms with van der Waals surface area (Å²) in [5.41, 5.74) is 2.75. The minimum absolute atomic E-state index is 0.0451. The quantitative estimate of drug-likeness (QED) is 0.547. The van der Waals surface area contributed by atoms with Crippen LogP contribution in [0.1, 0.15) is 10.4 Å². The molecule has 5 rings (SSSR count). The number of carbonyl (C=O) groups is 2. The number of carbonyl (C=O) groups excluding carboxylic acids is 2. The molecule has 2 aromatic carbocycles. The first kappa shape index (κ1) is 21.5. The second-order valence-electron chi connectivity index (χ2n) is 7.89. The summed E-state index contributed by atoms with van der Waals surface area (Å²) < 4.78 is 11.0. The van der Waals surface area contributed by atoms with Crippen LogP contribution in [0, 0.1) is 0 Å². The van der Waals surface area contributed by atoms with Gasteiger partial charge in [-0.25, -0.2) is 9.97 Å². The van der Waals surface area contributed by atoms with Gasteiger partial charge in [-0.15, -0.1) is 11.8 Å². The predicted octanol–water partition coefficient (Wildman–Crippen LogP) is 2.18. The Balaban J connectivity index is 1.07. The predicted molar refractivity (Wildman–Crippen MR) is 125 cm³/mol. The van der Waals surface area contributed by atoms with Crippen molar-refractivity contribution in [2.45, 2.75) is 10.9 Å². The van der Waals surface area contributed by atoms with Gasteiger partial charge in [-0.2, -0.15) is 0 Å². The number of nitrogens with one attached hydrogen (secondary N) is 2. The first-order valence-corrected chi connectivity index (χ1v) is 11.6. The van der Waals surface area contributed by atoms with E-state index in [1.54, 1.807) is 25.4 Å². The van der Waals surface area contributed by atoms with E-state index in [1.165, 1.54) is 11.8 Å². The van der Waals surface area contributed by atoms with Crippen molar-refractivity contribution in [2.24, 2.45) is 0 Å². The fourth-order valence-electron chi connectivity index (χ4n) is 3.79. The van der Waals surface area contributed by atoms with Gasteiger partial charge in [0, 0.05) is 36.2 Å². The lowest BCUT2D eigenvalue weighted by Gasteiger charge is -2.39. The average molecular weight is 466 g/mol. The van der Waals surface area contributed by atoms with Crippen LogP contribution in [-0.4, -0.2) is 71.8 Å². The van der Waals surface area contributed by atoms with Crippen molar-refractivity contribution in [3.8, 4) is 11.6 Å². The van der Waals surface area contributed by atoms with Crippen LogP contribution in [0.5, 0.6) is 11.6 Å². The Morgan fingerprint density at radius 1 is 1.24 bits per heavy atom. The molecule has 0 aliphatic carbocycles. The number of hydrogen-bond acceptors (Lipinski definition) is 8. The zero-order chi connectivity index (χ0) is 22.8. The number of thioether (sulfide) groups is 1. The molecule has 3 aromatic rings. The molecule has 2 aliphatic heterocycles. The number of likely N-dealkylation sites (tertiary alicyclic amines) is 1. The second kappa shape index (κ2) is 9.24. The molecule has 2 aliphatic rings. The fourth-order valence-corrected chi connectivity index (χ4v) is 4.58. The average Bonchev–Trinajstić information content (AvgIpc) is 2.81. The van der Waals surface area contributed by atoms with Crippen LogP contribution >= 0.6 is 11.8 Å². The summed E-state index contributed by atoms with van der Waals surface area (Å²) in [5, 5.41) is 5.86. The number of anilines is 1. The maximum atomic E-state index is 12.6. The van der Waals surface area contributed by atoms with E-state index < -0.39 is 0 Å². The molecule has 9 nitrogen and oxygen atoms in total. The summed E-state index contributed by atoms with van der Waals surface area (Å²) in [5.74, 6) is 1.42. The first-order valence-electron chi connectivity index (χ1n) is 10.6. The summed E-state index contributed by atoms with van der Waals surface area (Å²) in [6, 6.07) is 11.0. The van der Waals surface area contributed by atoms with Crippen molar-refractivity contribution in [2.75, 3.05) is 44.4 Å². The molecule has 3 heterocycles. The Hall–Kier alpha value is -3.37. The lowest BCUT2D eigenvalue weighted by Crippen LogP contribution is -2.59. The highest BCUT2D eigenvalue weighted by atomic mass is 32.2. The Kier molecular flexibility index (Phi) is 6.01. The van der Waals surface area contributed by atoms with E-state index in [2.05, 4.69) is 25.5 Å². The van der Waals surface area contributed by atoms with Crippen molar-refractivity contribution in [3.05, 3.63) is 48.2 Å². The summed E-state index contributed by atoms with van der Waals surface area (Å²) in [7, 11) is 1.61. The van der Waals surface area contributed by atoms with Gasteiger partial charge in [0.2, 0.25) is 11.8 Å². The molecule has 0 bridgehead atoms. The fraction of sp³-hybridized carbons (Fsp3) is 0.304. The van der Waals surface area contributed by atoms with Crippen molar-refractivity contribution >= 4 is 40.3 Å². The molecule has 0 atom stereocenters. The molecule has 33 heavy (non-hydrogen) atoms. The van der Waals surface area contributed by atoms with E-state index in [1.807, 2.05) is 24.3 Å². The maximum Gasteiger partial charge on any atom is 0.251 e. The molecule has 0 unspecified atom stereocenters. The van der Waals surface area contributed by atoms with E-state index in [4.69, 9.17) is 9.47 Å². The Labute approximate surface area is 194 Å². The Morgan fingerprint density at radius 3 is 2.97 bits per heavy atom. The van der Waals surface area contributed by atoms with Crippen LogP contribution < -0.4 is 20.1 Å². The smallest absolute Gasteiger partial charge is 0.251 e. The van der Waals surface area contributed by atoms with Gasteiger partial charge in [0.15, 0.2) is 0 Å². The number of methoxy groups -OCH3 is 1. The molecule has 2 amide bonds. The van der Waals surface area contributed by atoms with Crippen molar-refractivity contribution in [3.63, 3.8) is 0 Å². The van der Waals surface area contributed by atoms with Crippen LogP contribution in [-0.2, 0) is 4.79 Å². The normalized spacial score (nSPS) is 16.0. The van der Waals surface area contributed by atoms with E-state index >= 15 is 0 Å². The van der Waals surface area contributed by atoms with Crippen LogP contribution in [0.25, 0.3) is 11.0 Å². The van der Waals surface area contributed by atoms with Crippen molar-refractivity contribution in [1.29, 1.82) is 0 Å². The van der Waals surface area contributed by atoms with Gasteiger partial charge in [-0.05, 0) is 30.3 Å². The number of ether oxygens (including phenoxy) is 2. The lowest BCUT2D eigenvalue weighted by molar-refractivity contribution is -0.113. The van der Waals surface area contributed by atoms with Gasteiger partial charge < -0.3 is 20.1 Å². The molecule has 1 fully saturated rings. The van der Waals surface area contributed by atoms with Crippen LogP contribution in [0.4, 0.5) is 5.69 Å². The minimum atomic E-state index is -0.134. The minimum Gasteiger partial charge on any atom is -0.497 e. The first-order chi connectivity index (χ1) is 16.1. The summed E-state index contributed by atoms with van der Waals surface area (Å²) in [6.07, 6.45) is 1.62. The molecule has 0 radical (unpaired) electrons. The van der Waals surface area contributed by atoms with Gasteiger partial charge in [0.1, 0.15) is 12.4 Å². The van der Waals surface area contributed by atoms with Gasteiger partial charge in [0.25, 0.3) is 5.91 Å². The van der Waals surface area contributed by atoms with E-state index in [9.17, 15) is 9.59 Å². The lowest BCUT2D eigenvalue weighted by atomic mass is 10.1. The largest absolute Gasteiger partial charge is 0.497 e. The number of aromatic nitrogens is 2. The van der Waals surface area contributed by atoms with Crippen molar-refractivity contribution < 1.29 is 19.1 Å². The van der Waals surface area contributed by atoms with Gasteiger partial charge in [-0.1, -0.05) is 0 Å². The zero-order valence-corrected chi connectivity index (χ0v) is 18.9. The third-order valence-corrected chi connectivity index (χ3v) is 6.63. The van der Waals surface area contributed by atoms with Gasteiger partial charge in [0.05, 0.1) is 41.8 Å². The number of benzene rings is 2. The molecule has 170 valence electrons. The highest BCUT2D eigenvalue weighted by molar-refractivity contribution is 8.00. The molecular weight excluding hydrogens is 442 g/mol. The standard InChI is InChI=1S/C23H23N5O4S/c1-31-16-3-4-17-18(9-16)27-22(10-24-17)32-7-6-28-11-15(12-28)25-23(30)14-2-5-20-19(8-14)26-21(29)13-33-20/h2-5,8-10,15H,6-7,11-13H2,1H3,(H,25,30)(H,26,29). The number of amides is 2. The van der Waals surface area contributed by atoms with E-state index in [0.29, 0.717) is 29.5 Å². The Morgan fingerprint density at radius 2 is 2.12 bits per heavy atom. The van der Waals surface area contributed by atoms with E-state index in [0.717, 1.165) is 41.3 Å². The molecular formula is C23H23N5O4S. The monoisotopic (exact) mass is 465 g/mol. The third-order valence-electron chi connectivity index (χ3n) is 5.55. The maximum absolute atomic E-state index is 12.6. The third kappa shape index (κ3) is 4.86. The van der Waals surface area contributed by atoms with Gasteiger partial charge in [-0.3, -0.25) is 14.5 Å². The number of hydrogen-bond donors (Lipinski definition) is 2. The number of nitrogens with zero attached hydrogens (tertiary/aromatic N) is 3. The summed E-state index contributed by atoms with van der Waals surface area (Å²) in [6.45, 7) is 2.72. The SMILES string of the molecule is COc1ccc2ncc(OCCN3CC(NC(=O)c4ccc5c(c4)NC(=O)CS5)C3)nc2c1. The summed E-state index contributed by atoms with van der Waals surface area (Å²) in [4.78, 5) is 36.2. The summed E-state index contributed by atoms with van der Waals surface area (Å²) >= 11 is 1.48. The number of fused-ring (bicyclic) bond motifs is 2. The van der Waals surface area contributed by atoms with Crippen LogP contribution in [0.3, 0.4) is 0 Å². The molecule has 0 spiro atoms. The zero-order valence-electron chi connectivity index (χ0n) is 18.0.